The smallest absolute Gasteiger partial charge is 0.325 e. The van der Waals surface area contributed by atoms with Crippen LogP contribution in [0.2, 0.25) is 0 Å². The standard InChI is InChI=1S/C32H39N9O7/c1-47-29(43)20-36-32(44)26(12-9-19-40(21-23-10-4-7-16-33-23)22-24-11-5-8-17-34-24)37-28(42)13-3-2-6-18-35-25-14-15-27(41(45)46)31-30(25)38-48-39-31/h4-5,7-8,10-11,14-17,26,35H,2-3,6,9,12-13,18-22H2,1H3,(H,36,44)(H,37,42)/t26-/m1/s1. The van der Waals surface area contributed by atoms with Crippen LogP contribution in [0.25, 0.3) is 11.0 Å². The van der Waals surface area contributed by atoms with Crippen LogP contribution in [0.3, 0.4) is 0 Å². The summed E-state index contributed by atoms with van der Waals surface area (Å²) < 4.78 is 9.31. The summed E-state index contributed by atoms with van der Waals surface area (Å²) in [4.78, 5) is 59.2. The molecule has 0 fully saturated rings. The second-order valence-electron chi connectivity index (χ2n) is 11.0. The van der Waals surface area contributed by atoms with Gasteiger partial charge in [-0.15, -0.1) is 0 Å². The predicted octanol–water partition coefficient (Wildman–Crippen LogP) is 3.15. The van der Waals surface area contributed by atoms with Gasteiger partial charge < -0.3 is 20.7 Å². The van der Waals surface area contributed by atoms with E-state index in [9.17, 15) is 24.5 Å². The van der Waals surface area contributed by atoms with E-state index in [1.54, 1.807) is 18.5 Å². The molecule has 1 atom stereocenters. The first kappa shape index (κ1) is 35.3. The number of nitrogens with zero attached hydrogens (tertiary/aromatic N) is 6. The summed E-state index contributed by atoms with van der Waals surface area (Å²) in [5, 5.41) is 27.1. The molecule has 16 heteroatoms. The first-order valence-corrected chi connectivity index (χ1v) is 15.6. The molecule has 0 radical (unpaired) electrons. The number of hydrogen-bond donors (Lipinski definition) is 3. The Morgan fingerprint density at radius 1 is 0.938 bits per heavy atom. The molecule has 0 aliphatic rings. The van der Waals surface area contributed by atoms with Crippen LogP contribution in [0.15, 0.2) is 65.6 Å². The fourth-order valence-corrected chi connectivity index (χ4v) is 5.02. The third-order valence-electron chi connectivity index (χ3n) is 7.46. The number of ether oxygens (including phenoxy) is 1. The number of carbonyl (C=O) groups is 3. The number of anilines is 1. The minimum Gasteiger partial charge on any atom is -0.468 e. The topological polar surface area (TPSA) is 208 Å². The van der Waals surface area contributed by atoms with Gasteiger partial charge >= 0.3 is 11.7 Å². The average Bonchev–Trinajstić information content (AvgIpc) is 3.59. The quantitative estimate of drug-likeness (QED) is 0.0539. The van der Waals surface area contributed by atoms with Crippen molar-refractivity contribution in [1.82, 2.24) is 35.8 Å². The van der Waals surface area contributed by atoms with Crippen molar-refractivity contribution in [3.63, 3.8) is 0 Å². The number of nitro groups is 1. The number of methoxy groups -OCH3 is 1. The summed E-state index contributed by atoms with van der Waals surface area (Å²) in [7, 11) is 1.24. The average molecular weight is 662 g/mol. The van der Waals surface area contributed by atoms with E-state index in [0.717, 1.165) is 11.4 Å². The van der Waals surface area contributed by atoms with E-state index in [0.29, 0.717) is 64.0 Å². The van der Waals surface area contributed by atoms with E-state index in [-0.39, 0.29) is 35.6 Å². The number of aromatic nitrogens is 4. The Bertz CT molecular complexity index is 1600. The van der Waals surface area contributed by atoms with Crippen molar-refractivity contribution in [1.29, 1.82) is 0 Å². The lowest BCUT2D eigenvalue weighted by Gasteiger charge is -2.23. The third kappa shape index (κ3) is 11.1. The molecule has 0 saturated carbocycles. The summed E-state index contributed by atoms with van der Waals surface area (Å²) in [6.45, 7) is 2.02. The Morgan fingerprint density at radius 2 is 1.65 bits per heavy atom. The van der Waals surface area contributed by atoms with Gasteiger partial charge in [0.15, 0.2) is 5.52 Å². The number of non-ortho nitro benzene ring substituents is 1. The number of esters is 1. The molecule has 1 aromatic carbocycles. The number of nitrogens with one attached hydrogen (secondary N) is 3. The van der Waals surface area contributed by atoms with E-state index in [1.165, 1.54) is 13.2 Å². The molecule has 0 unspecified atom stereocenters. The van der Waals surface area contributed by atoms with Crippen LogP contribution in [0.1, 0.15) is 49.9 Å². The lowest BCUT2D eigenvalue weighted by Crippen LogP contribution is -2.48. The molecule has 0 bridgehead atoms. The van der Waals surface area contributed by atoms with Crippen molar-refractivity contribution in [3.05, 3.63) is 82.4 Å². The zero-order valence-electron chi connectivity index (χ0n) is 26.7. The van der Waals surface area contributed by atoms with E-state index < -0.39 is 22.8 Å². The fourth-order valence-electron chi connectivity index (χ4n) is 5.02. The maximum Gasteiger partial charge on any atom is 0.325 e. The van der Waals surface area contributed by atoms with Crippen LogP contribution < -0.4 is 16.0 Å². The first-order valence-electron chi connectivity index (χ1n) is 15.6. The molecule has 254 valence electrons. The molecule has 2 amide bonds. The maximum absolute atomic E-state index is 13.0. The van der Waals surface area contributed by atoms with Crippen LogP contribution in [-0.4, -0.2) is 80.7 Å². The lowest BCUT2D eigenvalue weighted by atomic mass is 10.1. The Balaban J connectivity index is 1.26. The van der Waals surface area contributed by atoms with Gasteiger partial charge in [0.25, 0.3) is 0 Å². The molecule has 3 N–H and O–H groups in total. The Kier molecular flexibility index (Phi) is 13.7. The van der Waals surface area contributed by atoms with Crippen molar-refractivity contribution < 1.29 is 28.7 Å². The molecule has 0 saturated heterocycles. The van der Waals surface area contributed by atoms with Crippen LogP contribution in [-0.2, 0) is 32.2 Å². The summed E-state index contributed by atoms with van der Waals surface area (Å²) in [6.07, 6.45) is 6.63. The minimum absolute atomic E-state index is 0.0703. The Morgan fingerprint density at radius 3 is 2.29 bits per heavy atom. The predicted molar refractivity (Wildman–Crippen MR) is 174 cm³/mol. The second kappa shape index (κ2) is 18.6. The minimum atomic E-state index is -0.837. The second-order valence-corrected chi connectivity index (χ2v) is 11.0. The van der Waals surface area contributed by atoms with Crippen LogP contribution in [0, 0.1) is 10.1 Å². The van der Waals surface area contributed by atoms with Gasteiger partial charge in [0.2, 0.25) is 17.3 Å². The molecule has 4 aromatic rings. The molecular formula is C32H39N9O7. The van der Waals surface area contributed by atoms with E-state index in [4.69, 9.17) is 0 Å². The molecule has 4 rings (SSSR count). The van der Waals surface area contributed by atoms with Gasteiger partial charge in [-0.2, -0.15) is 0 Å². The van der Waals surface area contributed by atoms with Gasteiger partial charge in [-0.05, 0) is 72.9 Å². The highest BCUT2D eigenvalue weighted by atomic mass is 16.6. The SMILES string of the molecule is COC(=O)CNC(=O)[C@@H](CCCN(Cc1ccccn1)Cc1ccccn1)NC(=O)CCCCCNc1ccc([N+](=O)[O-])c2nonc12. The van der Waals surface area contributed by atoms with E-state index in [2.05, 4.69) is 50.5 Å². The Labute approximate surface area is 276 Å². The summed E-state index contributed by atoms with van der Waals surface area (Å²) in [6, 6.07) is 13.6. The normalized spacial score (nSPS) is 11.6. The van der Waals surface area contributed by atoms with Crippen LogP contribution in [0.5, 0.6) is 0 Å². The largest absolute Gasteiger partial charge is 0.468 e. The van der Waals surface area contributed by atoms with Gasteiger partial charge in [-0.25, -0.2) is 4.63 Å². The van der Waals surface area contributed by atoms with Gasteiger partial charge in [-0.1, -0.05) is 18.6 Å². The molecule has 0 aliphatic carbocycles. The molecule has 3 aromatic heterocycles. The first-order chi connectivity index (χ1) is 23.3. The summed E-state index contributed by atoms with van der Waals surface area (Å²) in [5.74, 6) is -1.32. The fraction of sp³-hybridized carbons (Fsp3) is 0.406. The molecule has 16 nitrogen and oxygen atoms in total. The highest BCUT2D eigenvalue weighted by Crippen LogP contribution is 2.28. The molecule has 0 spiro atoms. The zero-order chi connectivity index (χ0) is 34.1. The van der Waals surface area contributed by atoms with Gasteiger partial charge in [0, 0.05) is 44.5 Å². The Hall–Kier alpha value is -5.51. The van der Waals surface area contributed by atoms with Crippen molar-refractivity contribution in [2.75, 3.05) is 32.1 Å². The van der Waals surface area contributed by atoms with Gasteiger partial charge in [0.05, 0.1) is 29.1 Å². The van der Waals surface area contributed by atoms with Crippen molar-refractivity contribution in [3.8, 4) is 0 Å². The van der Waals surface area contributed by atoms with E-state index in [1.807, 2.05) is 36.4 Å². The number of carbonyl (C=O) groups excluding carboxylic acids is 3. The highest BCUT2D eigenvalue weighted by Gasteiger charge is 2.22. The van der Waals surface area contributed by atoms with Crippen LogP contribution in [0.4, 0.5) is 11.4 Å². The maximum atomic E-state index is 13.0. The van der Waals surface area contributed by atoms with Crippen molar-refractivity contribution in [2.45, 2.75) is 57.7 Å². The highest BCUT2D eigenvalue weighted by molar-refractivity contribution is 5.93. The number of pyridine rings is 2. The lowest BCUT2D eigenvalue weighted by molar-refractivity contribution is -0.383. The van der Waals surface area contributed by atoms with Gasteiger partial charge in [0.1, 0.15) is 12.6 Å². The van der Waals surface area contributed by atoms with Crippen LogP contribution >= 0.6 is 0 Å². The number of fused-ring (bicyclic) bond motifs is 1. The molecule has 48 heavy (non-hydrogen) atoms. The number of unbranched alkanes of at least 4 members (excludes halogenated alkanes) is 2. The van der Waals surface area contributed by atoms with Gasteiger partial charge in [-0.3, -0.25) is 39.4 Å². The summed E-state index contributed by atoms with van der Waals surface area (Å²) in [5.41, 5.74) is 2.53. The number of hydrogen-bond acceptors (Lipinski definition) is 13. The molecular weight excluding hydrogens is 622 g/mol. The number of benzene rings is 1. The van der Waals surface area contributed by atoms with Crippen molar-refractivity contribution in [2.24, 2.45) is 0 Å². The molecule has 3 heterocycles. The monoisotopic (exact) mass is 661 g/mol. The number of nitro benzene ring substituents is 1. The summed E-state index contributed by atoms with van der Waals surface area (Å²) >= 11 is 0. The number of amides is 2. The molecule has 0 aliphatic heterocycles. The zero-order valence-corrected chi connectivity index (χ0v) is 26.7. The van der Waals surface area contributed by atoms with Crippen molar-refractivity contribution >= 4 is 40.2 Å². The number of rotatable bonds is 20. The van der Waals surface area contributed by atoms with E-state index >= 15 is 0 Å². The third-order valence-corrected chi connectivity index (χ3v) is 7.46.